The number of likely N-dealkylation sites (tertiary alicyclic amines) is 1. The molecule has 0 bridgehead atoms. The van der Waals surface area contributed by atoms with Gasteiger partial charge >= 0.3 is 0 Å². The Hall–Kier alpha value is -1.25. The molecule has 0 radical (unpaired) electrons. The standard InChI is InChI=1S/C15H25N5O2S/c1-13-11-15(17-12-16-13)18-14-3-6-19(7-4-14)8-9-20-5-2-10-23(20,21)22/h11-12,14H,2-10H2,1H3,(H,16,17,18). The van der Waals surface area contributed by atoms with Crippen molar-refractivity contribution >= 4 is 15.8 Å². The molecule has 3 rings (SSSR count). The van der Waals surface area contributed by atoms with Crippen molar-refractivity contribution in [2.45, 2.75) is 32.2 Å². The van der Waals surface area contributed by atoms with Gasteiger partial charge in [0, 0.05) is 50.5 Å². The molecule has 2 aliphatic rings. The zero-order valence-corrected chi connectivity index (χ0v) is 14.4. The van der Waals surface area contributed by atoms with E-state index < -0.39 is 10.0 Å². The van der Waals surface area contributed by atoms with Crippen molar-refractivity contribution in [3.05, 3.63) is 18.1 Å². The van der Waals surface area contributed by atoms with E-state index in [0.29, 0.717) is 24.9 Å². The second-order valence-electron chi connectivity index (χ2n) is 6.37. The third-order valence-corrected chi connectivity index (χ3v) is 6.57. The number of rotatable bonds is 5. The van der Waals surface area contributed by atoms with E-state index in [-0.39, 0.29) is 0 Å². The summed E-state index contributed by atoms with van der Waals surface area (Å²) in [6, 6.07) is 2.39. The van der Waals surface area contributed by atoms with E-state index in [9.17, 15) is 8.42 Å². The van der Waals surface area contributed by atoms with Crippen LogP contribution >= 0.6 is 0 Å². The van der Waals surface area contributed by atoms with Crippen LogP contribution in [0.5, 0.6) is 0 Å². The Morgan fingerprint density at radius 1 is 1.22 bits per heavy atom. The van der Waals surface area contributed by atoms with Crippen LogP contribution in [0.4, 0.5) is 5.82 Å². The highest BCUT2D eigenvalue weighted by Gasteiger charge is 2.28. The first-order valence-electron chi connectivity index (χ1n) is 8.28. The summed E-state index contributed by atoms with van der Waals surface area (Å²) < 4.78 is 25.2. The molecule has 128 valence electrons. The molecule has 7 nitrogen and oxygen atoms in total. The summed E-state index contributed by atoms with van der Waals surface area (Å²) in [4.78, 5) is 10.7. The van der Waals surface area contributed by atoms with Gasteiger partial charge in [-0.2, -0.15) is 0 Å². The summed E-state index contributed by atoms with van der Waals surface area (Å²) in [5.41, 5.74) is 0.965. The lowest BCUT2D eigenvalue weighted by Gasteiger charge is -2.33. The van der Waals surface area contributed by atoms with Crippen molar-refractivity contribution in [3.8, 4) is 0 Å². The third-order valence-electron chi connectivity index (χ3n) is 4.61. The molecule has 2 fully saturated rings. The number of nitrogens with zero attached hydrogens (tertiary/aromatic N) is 4. The van der Waals surface area contributed by atoms with Gasteiger partial charge < -0.3 is 10.2 Å². The minimum atomic E-state index is -2.96. The highest BCUT2D eigenvalue weighted by Crippen LogP contribution is 2.17. The molecular formula is C15H25N5O2S. The Morgan fingerprint density at radius 3 is 2.65 bits per heavy atom. The summed E-state index contributed by atoms with van der Waals surface area (Å²) in [5.74, 6) is 1.20. The largest absolute Gasteiger partial charge is 0.367 e. The van der Waals surface area contributed by atoms with Crippen LogP contribution in [0.3, 0.4) is 0 Å². The average molecular weight is 339 g/mol. The molecule has 23 heavy (non-hydrogen) atoms. The Kier molecular flexibility index (Phi) is 5.13. The zero-order chi connectivity index (χ0) is 16.3. The minimum Gasteiger partial charge on any atom is -0.367 e. The molecule has 0 saturated carbocycles. The van der Waals surface area contributed by atoms with E-state index >= 15 is 0 Å². The van der Waals surface area contributed by atoms with Crippen LogP contribution in [0, 0.1) is 6.92 Å². The number of aryl methyl sites for hydroxylation is 1. The Labute approximate surface area is 138 Å². The van der Waals surface area contributed by atoms with Crippen molar-refractivity contribution in [1.82, 2.24) is 19.2 Å². The van der Waals surface area contributed by atoms with Gasteiger partial charge in [0.25, 0.3) is 0 Å². The van der Waals surface area contributed by atoms with E-state index in [2.05, 4.69) is 20.2 Å². The van der Waals surface area contributed by atoms with Crippen LogP contribution < -0.4 is 5.32 Å². The summed E-state index contributed by atoms with van der Waals surface area (Å²) in [6.45, 7) is 6.10. The second kappa shape index (κ2) is 7.11. The monoisotopic (exact) mass is 339 g/mol. The van der Waals surface area contributed by atoms with E-state index in [0.717, 1.165) is 50.4 Å². The predicted octanol–water partition coefficient (Wildman–Crippen LogP) is 0.697. The summed E-state index contributed by atoms with van der Waals surface area (Å²) in [6.07, 6.45) is 4.46. The molecular weight excluding hydrogens is 314 g/mol. The number of hydrogen-bond acceptors (Lipinski definition) is 6. The van der Waals surface area contributed by atoms with Gasteiger partial charge in [0.2, 0.25) is 10.0 Å². The highest BCUT2D eigenvalue weighted by molar-refractivity contribution is 7.89. The topological polar surface area (TPSA) is 78.4 Å². The summed E-state index contributed by atoms with van der Waals surface area (Å²) >= 11 is 0. The van der Waals surface area contributed by atoms with E-state index in [1.807, 2.05) is 13.0 Å². The van der Waals surface area contributed by atoms with Gasteiger partial charge in [-0.1, -0.05) is 0 Å². The average Bonchev–Trinajstić information content (AvgIpc) is 2.85. The second-order valence-corrected chi connectivity index (χ2v) is 8.46. The van der Waals surface area contributed by atoms with Gasteiger partial charge in [0.1, 0.15) is 12.1 Å². The van der Waals surface area contributed by atoms with Gasteiger partial charge in [-0.25, -0.2) is 22.7 Å². The molecule has 0 aromatic carbocycles. The Balaban J connectivity index is 1.42. The van der Waals surface area contributed by atoms with Crippen LogP contribution in [0.25, 0.3) is 0 Å². The van der Waals surface area contributed by atoms with Gasteiger partial charge in [0.15, 0.2) is 0 Å². The number of anilines is 1. The SMILES string of the molecule is Cc1cc(NC2CCN(CCN3CCCS3(=O)=O)CC2)ncn1. The maximum Gasteiger partial charge on any atom is 0.214 e. The molecule has 1 aromatic heterocycles. The molecule has 0 amide bonds. The molecule has 1 aromatic rings. The zero-order valence-electron chi connectivity index (χ0n) is 13.6. The number of aromatic nitrogens is 2. The lowest BCUT2D eigenvalue weighted by Crippen LogP contribution is -2.43. The maximum atomic E-state index is 11.8. The molecule has 2 aliphatic heterocycles. The van der Waals surface area contributed by atoms with Gasteiger partial charge in [-0.05, 0) is 26.2 Å². The van der Waals surface area contributed by atoms with E-state index in [1.165, 1.54) is 0 Å². The minimum absolute atomic E-state index is 0.317. The highest BCUT2D eigenvalue weighted by atomic mass is 32.2. The van der Waals surface area contributed by atoms with Crippen molar-refractivity contribution < 1.29 is 8.42 Å². The van der Waals surface area contributed by atoms with Crippen LogP contribution in [0.1, 0.15) is 25.0 Å². The molecule has 0 atom stereocenters. The fourth-order valence-corrected chi connectivity index (χ4v) is 4.76. The first-order chi connectivity index (χ1) is 11.0. The Morgan fingerprint density at radius 2 is 2.00 bits per heavy atom. The molecule has 1 N–H and O–H groups in total. The fraction of sp³-hybridized carbons (Fsp3) is 0.733. The summed E-state index contributed by atoms with van der Waals surface area (Å²) in [7, 11) is -2.96. The van der Waals surface area contributed by atoms with Crippen molar-refractivity contribution in [2.75, 3.05) is 43.8 Å². The van der Waals surface area contributed by atoms with Gasteiger partial charge in [-0.15, -0.1) is 0 Å². The van der Waals surface area contributed by atoms with Crippen LogP contribution in [-0.2, 0) is 10.0 Å². The van der Waals surface area contributed by atoms with Gasteiger partial charge in [-0.3, -0.25) is 0 Å². The van der Waals surface area contributed by atoms with Crippen molar-refractivity contribution in [2.24, 2.45) is 0 Å². The van der Waals surface area contributed by atoms with Gasteiger partial charge in [0.05, 0.1) is 5.75 Å². The van der Waals surface area contributed by atoms with Crippen molar-refractivity contribution in [3.63, 3.8) is 0 Å². The molecule has 2 saturated heterocycles. The molecule has 0 spiro atoms. The van der Waals surface area contributed by atoms with Crippen LogP contribution in [0.15, 0.2) is 12.4 Å². The lowest BCUT2D eigenvalue weighted by atomic mass is 10.1. The molecule has 8 heteroatoms. The predicted molar refractivity (Wildman–Crippen MR) is 89.8 cm³/mol. The first kappa shape index (κ1) is 16.6. The molecule has 0 unspecified atom stereocenters. The van der Waals surface area contributed by atoms with Crippen LogP contribution in [-0.4, -0.2) is 72.1 Å². The Bertz CT molecular complexity index is 629. The molecule has 0 aliphatic carbocycles. The number of piperidine rings is 1. The maximum absolute atomic E-state index is 11.8. The number of hydrogen-bond donors (Lipinski definition) is 1. The van der Waals surface area contributed by atoms with Crippen molar-refractivity contribution in [1.29, 1.82) is 0 Å². The smallest absolute Gasteiger partial charge is 0.214 e. The normalized spacial score (nSPS) is 23.2. The van der Waals surface area contributed by atoms with E-state index in [1.54, 1.807) is 10.6 Å². The number of sulfonamides is 1. The fourth-order valence-electron chi connectivity index (χ4n) is 3.24. The first-order valence-corrected chi connectivity index (χ1v) is 9.89. The third kappa shape index (κ3) is 4.39. The quantitative estimate of drug-likeness (QED) is 0.851. The number of nitrogens with one attached hydrogen (secondary N) is 1. The summed E-state index contributed by atoms with van der Waals surface area (Å²) in [5, 5.41) is 3.47. The lowest BCUT2D eigenvalue weighted by molar-refractivity contribution is 0.206. The molecule has 3 heterocycles. The van der Waals surface area contributed by atoms with E-state index in [4.69, 9.17) is 0 Å². The van der Waals surface area contributed by atoms with Crippen LogP contribution in [0.2, 0.25) is 0 Å².